The number of fused-ring (bicyclic) bond motifs is 1. The van der Waals surface area contributed by atoms with Crippen LogP contribution in [0.1, 0.15) is 25.3 Å². The molecule has 0 bridgehead atoms. The van der Waals surface area contributed by atoms with Gasteiger partial charge < -0.3 is 0 Å². The Morgan fingerprint density at radius 2 is 1.57 bits per heavy atom. The van der Waals surface area contributed by atoms with Crippen molar-refractivity contribution in [1.82, 2.24) is 0 Å². The first-order chi connectivity index (χ1) is 6.68. The van der Waals surface area contributed by atoms with Gasteiger partial charge in [0.05, 0.1) is 0 Å². The lowest BCUT2D eigenvalue weighted by atomic mass is 9.99. The third-order valence-electron chi connectivity index (χ3n) is 2.49. The van der Waals surface area contributed by atoms with Crippen molar-refractivity contribution in [1.29, 1.82) is 0 Å². The third-order valence-corrected chi connectivity index (χ3v) is 3.42. The predicted molar refractivity (Wildman–Crippen MR) is 70.8 cm³/mol. The molecule has 0 fully saturated rings. The first-order valence-corrected chi connectivity index (χ1v) is 5.94. The molecule has 0 aromatic heterocycles. The minimum Gasteiger partial charge on any atom is -0.0616 e. The number of hydrogen-bond donors (Lipinski definition) is 0. The highest BCUT2D eigenvalue weighted by Crippen LogP contribution is 2.26. The van der Waals surface area contributed by atoms with Crippen LogP contribution in [-0.4, -0.2) is 0 Å². The minimum atomic E-state index is 0.603. The fourth-order valence-electron chi connectivity index (χ4n) is 1.67. The van der Waals surface area contributed by atoms with Crippen molar-refractivity contribution in [3.63, 3.8) is 0 Å². The lowest BCUT2D eigenvalue weighted by Crippen LogP contribution is -1.91. The van der Waals surface area contributed by atoms with Crippen LogP contribution in [0, 0.1) is 3.57 Å². The number of halogens is 1. The fraction of sp³-hybridized carbons (Fsp3) is 0.231. The predicted octanol–water partition coefficient (Wildman–Crippen LogP) is 4.57. The van der Waals surface area contributed by atoms with Gasteiger partial charge >= 0.3 is 0 Å². The summed E-state index contributed by atoms with van der Waals surface area (Å²) in [6.07, 6.45) is 0. The van der Waals surface area contributed by atoms with Gasteiger partial charge in [-0.3, -0.25) is 0 Å². The van der Waals surface area contributed by atoms with Crippen LogP contribution in [0.3, 0.4) is 0 Å². The average Bonchev–Trinajstić information content (AvgIpc) is 2.16. The van der Waals surface area contributed by atoms with Crippen LogP contribution in [-0.2, 0) is 0 Å². The quantitative estimate of drug-likeness (QED) is 0.676. The van der Waals surface area contributed by atoms with Crippen LogP contribution in [0.4, 0.5) is 0 Å². The van der Waals surface area contributed by atoms with Crippen LogP contribution in [0.15, 0.2) is 36.4 Å². The summed E-state index contributed by atoms with van der Waals surface area (Å²) in [7, 11) is 0. The number of hydrogen-bond acceptors (Lipinski definition) is 0. The maximum Gasteiger partial charge on any atom is 0.0171 e. The van der Waals surface area contributed by atoms with E-state index >= 15 is 0 Å². The van der Waals surface area contributed by atoms with Crippen LogP contribution in [0.25, 0.3) is 10.8 Å². The highest BCUT2D eigenvalue weighted by atomic mass is 127. The van der Waals surface area contributed by atoms with Crippen molar-refractivity contribution in [3.8, 4) is 0 Å². The molecule has 1 heteroatoms. The van der Waals surface area contributed by atoms with E-state index in [-0.39, 0.29) is 0 Å². The Hall–Kier alpha value is -0.570. The van der Waals surface area contributed by atoms with E-state index in [4.69, 9.17) is 0 Å². The molecule has 2 aromatic rings. The van der Waals surface area contributed by atoms with Gasteiger partial charge in [0.1, 0.15) is 0 Å². The fourth-order valence-corrected chi connectivity index (χ4v) is 2.79. The molecule has 0 aliphatic rings. The summed E-state index contributed by atoms with van der Waals surface area (Å²) < 4.78 is 1.37. The van der Waals surface area contributed by atoms with E-state index < -0.39 is 0 Å². The first kappa shape index (κ1) is 9.97. The Kier molecular flexibility index (Phi) is 2.77. The van der Waals surface area contributed by atoms with Crippen LogP contribution in [0.5, 0.6) is 0 Å². The molecule has 0 atom stereocenters. The molecule has 72 valence electrons. The summed E-state index contributed by atoms with van der Waals surface area (Å²) in [6, 6.07) is 13.1. The lowest BCUT2D eigenvalue weighted by molar-refractivity contribution is 0.862. The maximum atomic E-state index is 2.42. The molecule has 2 aromatic carbocycles. The van der Waals surface area contributed by atoms with Gasteiger partial charge in [0.2, 0.25) is 0 Å². The van der Waals surface area contributed by atoms with Gasteiger partial charge in [-0.1, -0.05) is 38.1 Å². The second-order valence-electron chi connectivity index (χ2n) is 3.88. The summed E-state index contributed by atoms with van der Waals surface area (Å²) in [5, 5.41) is 2.68. The zero-order valence-electron chi connectivity index (χ0n) is 8.42. The van der Waals surface area contributed by atoms with Gasteiger partial charge in [0.25, 0.3) is 0 Å². The smallest absolute Gasteiger partial charge is 0.0171 e. The van der Waals surface area contributed by atoms with E-state index in [1.807, 2.05) is 0 Å². The Morgan fingerprint density at radius 1 is 1.00 bits per heavy atom. The van der Waals surface area contributed by atoms with Gasteiger partial charge in [-0.05, 0) is 57.0 Å². The number of benzene rings is 2. The van der Waals surface area contributed by atoms with Crippen LogP contribution < -0.4 is 0 Å². The highest BCUT2D eigenvalue weighted by molar-refractivity contribution is 14.1. The van der Waals surface area contributed by atoms with Crippen molar-refractivity contribution in [2.75, 3.05) is 0 Å². The number of rotatable bonds is 1. The normalized spacial score (nSPS) is 11.1. The van der Waals surface area contributed by atoms with Crippen molar-refractivity contribution in [2.24, 2.45) is 0 Å². The van der Waals surface area contributed by atoms with E-state index in [9.17, 15) is 0 Å². The van der Waals surface area contributed by atoms with Crippen LogP contribution >= 0.6 is 22.6 Å². The van der Waals surface area contributed by atoms with Gasteiger partial charge in [-0.2, -0.15) is 0 Å². The summed E-state index contributed by atoms with van der Waals surface area (Å²) in [6.45, 7) is 4.48. The second kappa shape index (κ2) is 3.89. The van der Waals surface area contributed by atoms with Gasteiger partial charge in [-0.15, -0.1) is 0 Å². The molecule has 0 aliphatic carbocycles. The Balaban J connectivity index is 2.71. The summed E-state index contributed by atoms with van der Waals surface area (Å²) >= 11 is 2.42. The molecule has 0 aliphatic heterocycles. The lowest BCUT2D eigenvalue weighted by Gasteiger charge is -2.09. The van der Waals surface area contributed by atoms with Crippen molar-refractivity contribution in [3.05, 3.63) is 45.5 Å². The summed E-state index contributed by atoms with van der Waals surface area (Å²) in [5.41, 5.74) is 1.45. The SMILES string of the molecule is CC(C)c1cc2ccccc2cc1I. The summed E-state index contributed by atoms with van der Waals surface area (Å²) in [4.78, 5) is 0. The molecular weight excluding hydrogens is 283 g/mol. The highest BCUT2D eigenvalue weighted by Gasteiger charge is 2.05. The zero-order valence-corrected chi connectivity index (χ0v) is 10.6. The molecule has 0 spiro atoms. The standard InChI is InChI=1S/C13H13I/c1-9(2)12-7-10-5-3-4-6-11(10)8-13(12)14/h3-9H,1-2H3. The van der Waals surface area contributed by atoms with Gasteiger partial charge in [0.15, 0.2) is 0 Å². The molecule has 0 saturated carbocycles. The second-order valence-corrected chi connectivity index (χ2v) is 5.04. The Bertz CT molecular complexity index is 458. The minimum absolute atomic E-state index is 0.603. The zero-order chi connectivity index (χ0) is 10.1. The molecule has 0 amide bonds. The Labute approximate surface area is 98.5 Å². The first-order valence-electron chi connectivity index (χ1n) is 4.86. The van der Waals surface area contributed by atoms with E-state index in [0.29, 0.717) is 5.92 Å². The van der Waals surface area contributed by atoms with Crippen molar-refractivity contribution < 1.29 is 0 Å². The van der Waals surface area contributed by atoms with Gasteiger partial charge in [-0.25, -0.2) is 0 Å². The molecule has 14 heavy (non-hydrogen) atoms. The maximum absolute atomic E-state index is 2.42. The Morgan fingerprint density at radius 3 is 2.14 bits per heavy atom. The van der Waals surface area contributed by atoms with Gasteiger partial charge in [0, 0.05) is 3.57 Å². The van der Waals surface area contributed by atoms with E-state index in [1.54, 1.807) is 0 Å². The van der Waals surface area contributed by atoms with E-state index in [2.05, 4.69) is 72.8 Å². The molecule has 0 heterocycles. The monoisotopic (exact) mass is 296 g/mol. The topological polar surface area (TPSA) is 0 Å². The molecular formula is C13H13I. The molecule has 0 unspecified atom stereocenters. The van der Waals surface area contributed by atoms with Crippen LogP contribution in [0.2, 0.25) is 0 Å². The molecule has 2 rings (SSSR count). The van der Waals surface area contributed by atoms with E-state index in [1.165, 1.54) is 19.9 Å². The molecule has 0 saturated heterocycles. The molecule has 0 N–H and O–H groups in total. The molecule has 0 nitrogen and oxygen atoms in total. The van der Waals surface area contributed by atoms with Crippen molar-refractivity contribution in [2.45, 2.75) is 19.8 Å². The van der Waals surface area contributed by atoms with Crippen molar-refractivity contribution >= 4 is 33.4 Å². The average molecular weight is 296 g/mol. The summed E-state index contributed by atoms with van der Waals surface area (Å²) in [5.74, 6) is 0.603. The molecule has 0 radical (unpaired) electrons. The largest absolute Gasteiger partial charge is 0.0616 e. The van der Waals surface area contributed by atoms with E-state index in [0.717, 1.165) is 0 Å². The third kappa shape index (κ3) is 1.78.